The summed E-state index contributed by atoms with van der Waals surface area (Å²) >= 11 is 0. The van der Waals surface area contributed by atoms with Crippen LogP contribution in [0.4, 0.5) is 4.79 Å². The molecule has 2 atom stereocenters. The van der Waals surface area contributed by atoms with E-state index in [0.29, 0.717) is 12.5 Å². The number of carbonyl (C=O) groups excluding carboxylic acids is 1. The average Bonchev–Trinajstić information content (AvgIpc) is 3.21. The molecule has 0 radical (unpaired) electrons. The molecule has 1 N–H and O–H groups in total. The third-order valence-electron chi connectivity index (χ3n) is 5.55. The smallest absolute Gasteiger partial charge is 0.407 e. The Bertz CT molecular complexity index is 405. The van der Waals surface area contributed by atoms with Crippen molar-refractivity contribution in [2.45, 2.75) is 84.0 Å². The molecule has 0 aromatic rings. The maximum Gasteiger partial charge on any atom is 0.407 e. The van der Waals surface area contributed by atoms with Gasteiger partial charge in [0.05, 0.1) is 6.61 Å². The van der Waals surface area contributed by atoms with E-state index in [2.05, 4.69) is 24.1 Å². The molecule has 2 rings (SSSR count). The van der Waals surface area contributed by atoms with Crippen LogP contribution in [0.3, 0.4) is 0 Å². The van der Waals surface area contributed by atoms with Gasteiger partial charge < -0.3 is 10.1 Å². The summed E-state index contributed by atoms with van der Waals surface area (Å²) in [5, 5.41) is 2.90. The van der Waals surface area contributed by atoms with Gasteiger partial charge in [-0.1, -0.05) is 51.9 Å². The zero-order chi connectivity index (χ0) is 17.0. The molecule has 0 spiro atoms. The van der Waals surface area contributed by atoms with Crippen molar-refractivity contribution in [3.8, 4) is 11.8 Å². The molecule has 0 aromatic carbocycles. The molecular weight excluding hydrogens is 298 g/mol. The highest BCUT2D eigenvalue weighted by atomic mass is 16.5. The average molecular weight is 334 g/mol. The van der Waals surface area contributed by atoms with E-state index in [0.717, 1.165) is 37.6 Å². The SMILES string of the molecule is CCCCCCCCCCNC(=O)OCC1C2CCC#CCCC21. The van der Waals surface area contributed by atoms with Gasteiger partial charge in [-0.25, -0.2) is 4.79 Å². The first-order valence-electron chi connectivity index (χ1n) is 10.2. The summed E-state index contributed by atoms with van der Waals surface area (Å²) in [5.41, 5.74) is 0. The molecular formula is C21H35NO2. The highest BCUT2D eigenvalue weighted by Crippen LogP contribution is 2.52. The second kappa shape index (κ2) is 11.4. The fraction of sp³-hybridized carbons (Fsp3) is 0.857. The van der Waals surface area contributed by atoms with Gasteiger partial charge in [0, 0.05) is 19.4 Å². The lowest BCUT2D eigenvalue weighted by Gasteiger charge is -2.07. The van der Waals surface area contributed by atoms with Crippen LogP contribution < -0.4 is 5.32 Å². The standard InChI is InChI=1S/C21H35NO2/c1-2-3-4-5-6-7-10-13-16-22-21(23)24-17-20-18-14-11-8-9-12-15-19(18)20/h18-20H,2-7,10-17H2,1H3,(H,22,23). The molecule has 24 heavy (non-hydrogen) atoms. The topological polar surface area (TPSA) is 38.3 Å². The first-order chi connectivity index (χ1) is 11.8. The van der Waals surface area contributed by atoms with Gasteiger partial charge in [-0.3, -0.25) is 0 Å². The van der Waals surface area contributed by atoms with Gasteiger partial charge in [0.25, 0.3) is 0 Å². The van der Waals surface area contributed by atoms with Gasteiger partial charge in [-0.05, 0) is 37.0 Å². The zero-order valence-electron chi connectivity index (χ0n) is 15.4. The van der Waals surface area contributed by atoms with Crippen molar-refractivity contribution in [1.82, 2.24) is 5.32 Å². The maximum absolute atomic E-state index is 11.8. The van der Waals surface area contributed by atoms with Crippen LogP contribution in [-0.4, -0.2) is 19.2 Å². The van der Waals surface area contributed by atoms with E-state index in [1.165, 1.54) is 57.8 Å². The monoisotopic (exact) mass is 333 g/mol. The summed E-state index contributed by atoms with van der Waals surface area (Å²) in [6, 6.07) is 0. The fourth-order valence-corrected chi connectivity index (χ4v) is 3.95. The summed E-state index contributed by atoms with van der Waals surface area (Å²) in [5.74, 6) is 8.52. The number of hydrogen-bond acceptors (Lipinski definition) is 2. The number of unbranched alkanes of at least 4 members (excludes halogenated alkanes) is 7. The number of alkyl carbamates (subject to hydrolysis) is 1. The van der Waals surface area contributed by atoms with Crippen LogP contribution in [0.2, 0.25) is 0 Å². The molecule has 0 saturated heterocycles. The molecule has 3 nitrogen and oxygen atoms in total. The van der Waals surface area contributed by atoms with Crippen molar-refractivity contribution in [1.29, 1.82) is 0 Å². The van der Waals surface area contributed by atoms with Crippen molar-refractivity contribution in [3.05, 3.63) is 0 Å². The molecule has 2 unspecified atom stereocenters. The molecule has 136 valence electrons. The van der Waals surface area contributed by atoms with E-state index in [-0.39, 0.29) is 6.09 Å². The summed E-state index contributed by atoms with van der Waals surface area (Å²) in [6.07, 6.45) is 14.5. The van der Waals surface area contributed by atoms with Crippen LogP contribution in [0.25, 0.3) is 0 Å². The predicted octanol–water partition coefficient (Wildman–Crippen LogP) is 5.29. The number of amides is 1. The lowest BCUT2D eigenvalue weighted by atomic mass is 10.1. The first-order valence-corrected chi connectivity index (χ1v) is 10.2. The highest BCUT2D eigenvalue weighted by Gasteiger charge is 2.49. The third-order valence-corrected chi connectivity index (χ3v) is 5.55. The van der Waals surface area contributed by atoms with Gasteiger partial charge in [0.2, 0.25) is 0 Å². The van der Waals surface area contributed by atoms with Crippen molar-refractivity contribution in [3.63, 3.8) is 0 Å². The molecule has 0 aliphatic heterocycles. The Kier molecular flexibility index (Phi) is 9.10. The molecule has 0 bridgehead atoms. The maximum atomic E-state index is 11.8. The summed E-state index contributed by atoms with van der Waals surface area (Å²) in [7, 11) is 0. The van der Waals surface area contributed by atoms with Crippen LogP contribution in [0, 0.1) is 29.6 Å². The minimum Gasteiger partial charge on any atom is -0.449 e. The molecule has 1 fully saturated rings. The molecule has 0 aromatic heterocycles. The van der Waals surface area contributed by atoms with E-state index in [4.69, 9.17) is 4.74 Å². The molecule has 2 aliphatic rings. The van der Waals surface area contributed by atoms with Crippen molar-refractivity contribution in [2.24, 2.45) is 17.8 Å². The molecule has 1 amide bonds. The minimum absolute atomic E-state index is 0.228. The Morgan fingerprint density at radius 3 is 2.17 bits per heavy atom. The van der Waals surface area contributed by atoms with Crippen LogP contribution >= 0.6 is 0 Å². The summed E-state index contributed by atoms with van der Waals surface area (Å²) in [6.45, 7) is 3.59. The largest absolute Gasteiger partial charge is 0.449 e. The first kappa shape index (κ1) is 19.2. The molecule has 0 heterocycles. The number of ether oxygens (including phenoxy) is 1. The molecule has 3 heteroatoms. The van der Waals surface area contributed by atoms with E-state index in [9.17, 15) is 4.79 Å². The Morgan fingerprint density at radius 1 is 0.958 bits per heavy atom. The quantitative estimate of drug-likeness (QED) is 0.412. The van der Waals surface area contributed by atoms with Crippen molar-refractivity contribution >= 4 is 6.09 Å². The number of fused-ring (bicyclic) bond motifs is 1. The highest BCUT2D eigenvalue weighted by molar-refractivity contribution is 5.67. The second-order valence-electron chi connectivity index (χ2n) is 7.42. The number of nitrogens with one attached hydrogen (secondary N) is 1. The van der Waals surface area contributed by atoms with Crippen LogP contribution in [0.5, 0.6) is 0 Å². The van der Waals surface area contributed by atoms with Gasteiger partial charge in [-0.2, -0.15) is 0 Å². The summed E-state index contributed by atoms with van der Waals surface area (Å²) in [4.78, 5) is 11.8. The normalized spacial score (nSPS) is 24.8. The minimum atomic E-state index is -0.228. The Morgan fingerprint density at radius 2 is 1.54 bits per heavy atom. The van der Waals surface area contributed by atoms with Gasteiger partial charge in [-0.15, -0.1) is 11.8 Å². The van der Waals surface area contributed by atoms with Gasteiger partial charge >= 0.3 is 6.09 Å². The van der Waals surface area contributed by atoms with Crippen molar-refractivity contribution < 1.29 is 9.53 Å². The van der Waals surface area contributed by atoms with Gasteiger partial charge in [0.15, 0.2) is 0 Å². The second-order valence-corrected chi connectivity index (χ2v) is 7.42. The van der Waals surface area contributed by atoms with Crippen molar-refractivity contribution in [2.75, 3.05) is 13.2 Å². The lowest BCUT2D eigenvalue weighted by Crippen LogP contribution is -2.26. The summed E-state index contributed by atoms with van der Waals surface area (Å²) < 4.78 is 5.42. The Labute approximate surface area is 148 Å². The molecule has 1 saturated carbocycles. The molecule has 2 aliphatic carbocycles. The van der Waals surface area contributed by atoms with Crippen LogP contribution in [0.1, 0.15) is 84.0 Å². The Hall–Kier alpha value is -1.17. The zero-order valence-corrected chi connectivity index (χ0v) is 15.4. The lowest BCUT2D eigenvalue weighted by molar-refractivity contribution is 0.137. The van der Waals surface area contributed by atoms with Gasteiger partial charge in [0.1, 0.15) is 0 Å². The number of hydrogen-bond donors (Lipinski definition) is 1. The van der Waals surface area contributed by atoms with E-state index in [1.54, 1.807) is 0 Å². The Balaban J connectivity index is 1.41. The van der Waals surface area contributed by atoms with E-state index in [1.807, 2.05) is 0 Å². The number of rotatable bonds is 11. The van der Waals surface area contributed by atoms with E-state index < -0.39 is 0 Å². The number of carbonyl (C=O) groups is 1. The third kappa shape index (κ3) is 7.16. The van der Waals surface area contributed by atoms with Crippen LogP contribution in [0.15, 0.2) is 0 Å². The van der Waals surface area contributed by atoms with E-state index >= 15 is 0 Å². The fourth-order valence-electron chi connectivity index (χ4n) is 3.95. The van der Waals surface area contributed by atoms with Crippen LogP contribution in [-0.2, 0) is 4.74 Å². The predicted molar refractivity (Wildman–Crippen MR) is 98.7 cm³/mol.